The summed E-state index contributed by atoms with van der Waals surface area (Å²) in [6.45, 7) is 8.45. The molecule has 0 atom stereocenters. The number of carbonyl (C=O) groups is 2. The van der Waals surface area contributed by atoms with Crippen LogP contribution in [0.3, 0.4) is 0 Å². The number of nitrogens with zero attached hydrogens (tertiary/aromatic N) is 3. The van der Waals surface area contributed by atoms with Gasteiger partial charge in [0, 0.05) is 31.7 Å². The molecule has 6 nitrogen and oxygen atoms in total. The van der Waals surface area contributed by atoms with Crippen LogP contribution >= 0.6 is 0 Å². The highest BCUT2D eigenvalue weighted by Crippen LogP contribution is 2.24. The average Bonchev–Trinajstić information content (AvgIpc) is 3.02. The van der Waals surface area contributed by atoms with Crippen LogP contribution in [0.5, 0.6) is 0 Å². The Hall–Kier alpha value is -2.63. The van der Waals surface area contributed by atoms with E-state index in [2.05, 4.69) is 31.0 Å². The molecule has 0 unspecified atom stereocenters. The minimum absolute atomic E-state index is 0.0219. The molecule has 2 amide bonds. The van der Waals surface area contributed by atoms with Gasteiger partial charge in [-0.1, -0.05) is 26.0 Å². The van der Waals surface area contributed by atoms with E-state index in [4.69, 9.17) is 4.42 Å². The Labute approximate surface area is 153 Å². The van der Waals surface area contributed by atoms with Gasteiger partial charge in [0.1, 0.15) is 5.76 Å². The number of hydrogen-bond acceptors (Lipinski definition) is 4. The summed E-state index contributed by atoms with van der Waals surface area (Å²) in [6.07, 6.45) is 1.06. The molecule has 0 N–H and O–H groups in total. The molecule has 1 aliphatic heterocycles. The Morgan fingerprint density at radius 1 is 1.19 bits per heavy atom. The van der Waals surface area contributed by atoms with E-state index in [9.17, 15) is 9.59 Å². The largest absolute Gasteiger partial charge is 0.441 e. The molecule has 0 bridgehead atoms. The lowest BCUT2D eigenvalue weighted by atomic mass is 10.0. The van der Waals surface area contributed by atoms with Crippen molar-refractivity contribution in [1.82, 2.24) is 14.8 Å². The number of oxazole rings is 1. The highest BCUT2D eigenvalue weighted by Gasteiger charge is 2.22. The van der Waals surface area contributed by atoms with Crippen LogP contribution < -0.4 is 0 Å². The third kappa shape index (κ3) is 3.95. The Balaban J connectivity index is 1.68. The first-order valence-corrected chi connectivity index (χ1v) is 9.01. The van der Waals surface area contributed by atoms with Crippen LogP contribution in [0, 0.1) is 6.92 Å². The Kier molecular flexibility index (Phi) is 5.40. The highest BCUT2D eigenvalue weighted by atomic mass is 16.4. The number of amides is 2. The monoisotopic (exact) mass is 355 g/mol. The summed E-state index contributed by atoms with van der Waals surface area (Å²) in [5.74, 6) is 1.72. The van der Waals surface area contributed by atoms with Gasteiger partial charge in [-0.3, -0.25) is 9.59 Å². The van der Waals surface area contributed by atoms with Crippen LogP contribution in [0.25, 0.3) is 11.5 Å². The maximum Gasteiger partial charge on any atom is 0.228 e. The van der Waals surface area contributed by atoms with Gasteiger partial charge in [-0.2, -0.15) is 0 Å². The summed E-state index contributed by atoms with van der Waals surface area (Å²) in [7, 11) is 0. The Morgan fingerprint density at radius 3 is 2.42 bits per heavy atom. The van der Waals surface area contributed by atoms with Crippen molar-refractivity contribution in [2.45, 2.75) is 33.1 Å². The van der Waals surface area contributed by atoms with Crippen LogP contribution in [0.15, 0.2) is 28.7 Å². The van der Waals surface area contributed by atoms with Crippen LogP contribution in [-0.2, 0) is 16.0 Å². The van der Waals surface area contributed by atoms with E-state index in [1.54, 1.807) is 9.80 Å². The lowest BCUT2D eigenvalue weighted by molar-refractivity contribution is -0.134. The summed E-state index contributed by atoms with van der Waals surface area (Å²) >= 11 is 0. The lowest BCUT2D eigenvalue weighted by Gasteiger charge is -2.32. The molecule has 0 radical (unpaired) electrons. The first-order valence-electron chi connectivity index (χ1n) is 9.01. The molecule has 1 aromatic carbocycles. The molecule has 0 saturated carbocycles. The molecule has 1 aromatic heterocycles. The van der Waals surface area contributed by atoms with Crippen LogP contribution in [0.1, 0.15) is 36.8 Å². The zero-order valence-corrected chi connectivity index (χ0v) is 15.6. The van der Waals surface area contributed by atoms with Crippen molar-refractivity contribution >= 4 is 12.3 Å². The number of piperazine rings is 1. The van der Waals surface area contributed by atoms with Crippen molar-refractivity contribution in [1.29, 1.82) is 0 Å². The topological polar surface area (TPSA) is 66.7 Å². The maximum absolute atomic E-state index is 12.5. The molecule has 6 heteroatoms. The highest BCUT2D eigenvalue weighted by molar-refractivity contribution is 5.79. The molecular weight excluding hydrogens is 330 g/mol. The summed E-state index contributed by atoms with van der Waals surface area (Å²) in [5, 5.41) is 0. The number of benzene rings is 1. The van der Waals surface area contributed by atoms with Gasteiger partial charge < -0.3 is 14.2 Å². The molecule has 1 fully saturated rings. The van der Waals surface area contributed by atoms with E-state index in [-0.39, 0.29) is 12.3 Å². The molecule has 0 spiro atoms. The van der Waals surface area contributed by atoms with Crippen molar-refractivity contribution in [3.05, 3.63) is 41.3 Å². The third-order valence-electron chi connectivity index (χ3n) is 4.85. The van der Waals surface area contributed by atoms with Crippen LogP contribution in [-0.4, -0.2) is 53.3 Å². The molecule has 26 heavy (non-hydrogen) atoms. The fourth-order valence-electron chi connectivity index (χ4n) is 3.06. The zero-order chi connectivity index (χ0) is 18.7. The number of hydrogen-bond donors (Lipinski definition) is 0. The molecule has 1 saturated heterocycles. The predicted octanol–water partition coefficient (Wildman–Crippen LogP) is 2.62. The van der Waals surface area contributed by atoms with E-state index in [1.807, 2.05) is 19.1 Å². The fraction of sp³-hybridized carbons (Fsp3) is 0.450. The number of aromatic nitrogens is 1. The fourth-order valence-corrected chi connectivity index (χ4v) is 3.06. The van der Waals surface area contributed by atoms with Crippen molar-refractivity contribution in [3.8, 4) is 11.5 Å². The van der Waals surface area contributed by atoms with Crippen LogP contribution in [0.2, 0.25) is 0 Å². The molecule has 3 rings (SSSR count). The Bertz CT molecular complexity index is 772. The van der Waals surface area contributed by atoms with E-state index in [0.717, 1.165) is 12.0 Å². The number of rotatable bonds is 5. The molecule has 2 heterocycles. The van der Waals surface area contributed by atoms with Crippen molar-refractivity contribution in [2.24, 2.45) is 0 Å². The smallest absolute Gasteiger partial charge is 0.228 e. The normalized spacial score (nSPS) is 14.8. The Morgan fingerprint density at radius 2 is 1.85 bits per heavy atom. The second-order valence-corrected chi connectivity index (χ2v) is 7.00. The quantitative estimate of drug-likeness (QED) is 0.773. The maximum atomic E-state index is 12.5. The van der Waals surface area contributed by atoms with Gasteiger partial charge in [-0.15, -0.1) is 0 Å². The average molecular weight is 355 g/mol. The van der Waals surface area contributed by atoms with E-state index >= 15 is 0 Å². The van der Waals surface area contributed by atoms with Gasteiger partial charge in [0.2, 0.25) is 18.2 Å². The number of carbonyl (C=O) groups excluding carboxylic acids is 2. The van der Waals surface area contributed by atoms with E-state index < -0.39 is 0 Å². The second-order valence-electron chi connectivity index (χ2n) is 7.00. The van der Waals surface area contributed by atoms with Gasteiger partial charge in [-0.05, 0) is 30.5 Å². The molecule has 138 valence electrons. The molecule has 0 aliphatic carbocycles. The van der Waals surface area contributed by atoms with Gasteiger partial charge in [0.15, 0.2) is 0 Å². The first-order chi connectivity index (χ1) is 12.5. The molecule has 1 aliphatic rings. The summed E-state index contributed by atoms with van der Waals surface area (Å²) in [6, 6.07) is 8.17. The van der Waals surface area contributed by atoms with Crippen molar-refractivity contribution < 1.29 is 14.0 Å². The van der Waals surface area contributed by atoms with Crippen LogP contribution in [0.4, 0.5) is 0 Å². The summed E-state index contributed by atoms with van der Waals surface area (Å²) in [4.78, 5) is 31.3. The van der Waals surface area contributed by atoms with E-state index in [1.165, 1.54) is 5.56 Å². The second kappa shape index (κ2) is 7.72. The van der Waals surface area contributed by atoms with E-state index in [0.29, 0.717) is 49.4 Å². The molecule has 2 aromatic rings. The summed E-state index contributed by atoms with van der Waals surface area (Å²) < 4.78 is 5.79. The van der Waals surface area contributed by atoms with Gasteiger partial charge in [-0.25, -0.2) is 4.98 Å². The third-order valence-corrected chi connectivity index (χ3v) is 4.85. The van der Waals surface area contributed by atoms with Gasteiger partial charge in [0.05, 0.1) is 12.1 Å². The van der Waals surface area contributed by atoms with Crippen molar-refractivity contribution in [2.75, 3.05) is 26.2 Å². The van der Waals surface area contributed by atoms with Gasteiger partial charge in [0.25, 0.3) is 0 Å². The van der Waals surface area contributed by atoms with Gasteiger partial charge >= 0.3 is 0 Å². The zero-order valence-electron chi connectivity index (χ0n) is 15.6. The SMILES string of the molecule is Cc1oc(-c2ccc(C(C)C)cc2)nc1CC(=O)N1CCN(C=O)CC1. The molecular formula is C20H25N3O3. The number of aryl methyl sites for hydroxylation is 1. The first kappa shape index (κ1) is 18.2. The standard InChI is InChI=1S/C20H25N3O3/c1-14(2)16-4-6-17(7-5-16)20-21-18(15(3)26-20)12-19(25)23-10-8-22(13-24)9-11-23/h4-7,13-14H,8-12H2,1-3H3. The lowest BCUT2D eigenvalue weighted by Crippen LogP contribution is -2.48. The summed E-state index contributed by atoms with van der Waals surface area (Å²) in [5.41, 5.74) is 2.86. The predicted molar refractivity (Wildman–Crippen MR) is 98.7 cm³/mol. The minimum atomic E-state index is 0.0219. The van der Waals surface area contributed by atoms with Crippen molar-refractivity contribution in [3.63, 3.8) is 0 Å². The minimum Gasteiger partial charge on any atom is -0.441 e.